The smallest absolute Gasteiger partial charge is 0.172 e. The van der Waals surface area contributed by atoms with Gasteiger partial charge in [0.25, 0.3) is 0 Å². The monoisotopic (exact) mass is 196 g/mol. The van der Waals surface area contributed by atoms with Gasteiger partial charge in [-0.1, -0.05) is 36.4 Å². The minimum absolute atomic E-state index is 0.469. The van der Waals surface area contributed by atoms with E-state index in [1.54, 1.807) is 6.08 Å². The standard InChI is InChI=1S/C10H13O2P/c1-2-8-13(11)12-9-10-6-4-3-5-7-10/h2-7,11H,1,8-9H2. The fourth-order valence-electron chi connectivity index (χ4n) is 0.886. The summed E-state index contributed by atoms with van der Waals surface area (Å²) in [6.45, 7) is 4.00. The highest BCUT2D eigenvalue weighted by Gasteiger charge is 2.01. The molecule has 0 aliphatic heterocycles. The summed E-state index contributed by atoms with van der Waals surface area (Å²) in [5.41, 5.74) is 1.08. The van der Waals surface area contributed by atoms with Crippen LogP contribution < -0.4 is 0 Å². The van der Waals surface area contributed by atoms with E-state index in [1.807, 2.05) is 30.3 Å². The third-order valence-corrected chi connectivity index (χ3v) is 2.51. The summed E-state index contributed by atoms with van der Waals surface area (Å²) in [5, 5.41) is 0. The highest BCUT2D eigenvalue weighted by molar-refractivity contribution is 7.46. The number of allylic oxidation sites excluding steroid dienone is 1. The Balaban J connectivity index is 2.30. The third kappa shape index (κ3) is 4.18. The van der Waals surface area contributed by atoms with E-state index >= 15 is 0 Å². The lowest BCUT2D eigenvalue weighted by molar-refractivity contribution is 0.301. The van der Waals surface area contributed by atoms with E-state index in [4.69, 9.17) is 4.52 Å². The Morgan fingerprint density at radius 3 is 2.69 bits per heavy atom. The van der Waals surface area contributed by atoms with Gasteiger partial charge in [0.2, 0.25) is 0 Å². The molecule has 0 radical (unpaired) electrons. The molecule has 0 aliphatic rings. The Bertz CT molecular complexity index is 248. The van der Waals surface area contributed by atoms with Crippen molar-refractivity contribution in [1.82, 2.24) is 0 Å². The molecule has 0 aliphatic carbocycles. The first kappa shape index (κ1) is 10.4. The van der Waals surface area contributed by atoms with E-state index in [9.17, 15) is 4.89 Å². The Morgan fingerprint density at radius 2 is 2.08 bits per heavy atom. The molecule has 1 N–H and O–H groups in total. The molecule has 3 heteroatoms. The molecule has 0 spiro atoms. The highest BCUT2D eigenvalue weighted by Crippen LogP contribution is 2.32. The number of rotatable bonds is 5. The highest BCUT2D eigenvalue weighted by atomic mass is 31.2. The number of hydrogen-bond acceptors (Lipinski definition) is 2. The Labute approximate surface area is 79.8 Å². The van der Waals surface area contributed by atoms with E-state index in [1.165, 1.54) is 0 Å². The second-order valence-corrected chi connectivity index (χ2v) is 3.91. The van der Waals surface area contributed by atoms with Gasteiger partial charge in [-0.25, -0.2) is 0 Å². The van der Waals surface area contributed by atoms with Crippen LogP contribution in [0.3, 0.4) is 0 Å². The second-order valence-electron chi connectivity index (χ2n) is 2.58. The molecule has 1 aromatic rings. The molecular weight excluding hydrogens is 183 g/mol. The van der Waals surface area contributed by atoms with Crippen molar-refractivity contribution >= 4 is 8.38 Å². The van der Waals surface area contributed by atoms with Crippen molar-refractivity contribution in [2.24, 2.45) is 0 Å². The van der Waals surface area contributed by atoms with Crippen LogP contribution in [0.5, 0.6) is 0 Å². The van der Waals surface area contributed by atoms with Gasteiger partial charge < -0.3 is 9.42 Å². The molecule has 1 rings (SSSR count). The van der Waals surface area contributed by atoms with Gasteiger partial charge in [0, 0.05) is 6.16 Å². The van der Waals surface area contributed by atoms with Crippen LogP contribution in [-0.2, 0) is 11.1 Å². The van der Waals surface area contributed by atoms with Crippen molar-refractivity contribution in [3.05, 3.63) is 48.6 Å². The minimum atomic E-state index is -1.32. The van der Waals surface area contributed by atoms with Crippen LogP contribution in [-0.4, -0.2) is 11.1 Å². The van der Waals surface area contributed by atoms with E-state index in [0.29, 0.717) is 12.8 Å². The largest absolute Gasteiger partial charge is 0.350 e. The zero-order valence-corrected chi connectivity index (χ0v) is 8.28. The zero-order valence-electron chi connectivity index (χ0n) is 7.39. The van der Waals surface area contributed by atoms with E-state index in [-0.39, 0.29) is 0 Å². The number of benzene rings is 1. The molecule has 0 aromatic heterocycles. The molecule has 70 valence electrons. The molecule has 1 unspecified atom stereocenters. The average Bonchev–Trinajstić information content (AvgIpc) is 2.17. The Morgan fingerprint density at radius 1 is 1.38 bits per heavy atom. The normalized spacial score (nSPS) is 12.4. The molecule has 0 saturated carbocycles. The first-order valence-corrected chi connectivity index (χ1v) is 5.47. The summed E-state index contributed by atoms with van der Waals surface area (Å²) in [5.74, 6) is 0. The lowest BCUT2D eigenvalue weighted by atomic mass is 10.2. The van der Waals surface area contributed by atoms with Crippen LogP contribution in [0.1, 0.15) is 5.56 Å². The predicted molar refractivity (Wildman–Crippen MR) is 55.4 cm³/mol. The lowest BCUT2D eigenvalue weighted by Crippen LogP contribution is -1.89. The first-order valence-electron chi connectivity index (χ1n) is 4.07. The molecule has 2 nitrogen and oxygen atoms in total. The molecule has 1 aromatic carbocycles. The van der Waals surface area contributed by atoms with Crippen molar-refractivity contribution in [3.63, 3.8) is 0 Å². The summed E-state index contributed by atoms with van der Waals surface area (Å²) < 4.78 is 5.22. The summed E-state index contributed by atoms with van der Waals surface area (Å²) in [6.07, 6.45) is 2.19. The van der Waals surface area contributed by atoms with Crippen molar-refractivity contribution < 1.29 is 9.42 Å². The Kier molecular flexibility index (Phi) is 4.69. The zero-order chi connectivity index (χ0) is 9.52. The molecule has 0 saturated heterocycles. The van der Waals surface area contributed by atoms with Gasteiger partial charge in [-0.3, -0.25) is 0 Å². The van der Waals surface area contributed by atoms with Crippen LogP contribution in [0.4, 0.5) is 0 Å². The summed E-state index contributed by atoms with van der Waals surface area (Å²) in [7, 11) is -1.32. The first-order chi connectivity index (χ1) is 6.33. The van der Waals surface area contributed by atoms with Gasteiger partial charge in [0.15, 0.2) is 8.38 Å². The van der Waals surface area contributed by atoms with Crippen molar-refractivity contribution in [2.45, 2.75) is 6.61 Å². The van der Waals surface area contributed by atoms with Crippen molar-refractivity contribution in [1.29, 1.82) is 0 Å². The Hall–Kier alpha value is -0.690. The topological polar surface area (TPSA) is 29.5 Å². The van der Waals surface area contributed by atoms with Crippen LogP contribution in [0.2, 0.25) is 0 Å². The predicted octanol–water partition coefficient (Wildman–Crippen LogP) is 2.69. The van der Waals surface area contributed by atoms with E-state index in [2.05, 4.69) is 6.58 Å². The second kappa shape index (κ2) is 5.87. The molecule has 1 atom stereocenters. The van der Waals surface area contributed by atoms with E-state index < -0.39 is 8.38 Å². The van der Waals surface area contributed by atoms with Gasteiger partial charge in [-0.2, -0.15) is 0 Å². The van der Waals surface area contributed by atoms with Gasteiger partial charge in [0.1, 0.15) is 0 Å². The van der Waals surface area contributed by atoms with Gasteiger partial charge in [0.05, 0.1) is 6.61 Å². The molecule has 0 heterocycles. The van der Waals surface area contributed by atoms with Crippen LogP contribution in [0.15, 0.2) is 43.0 Å². The summed E-state index contributed by atoms with van der Waals surface area (Å²) >= 11 is 0. The summed E-state index contributed by atoms with van der Waals surface area (Å²) in [4.78, 5) is 9.28. The van der Waals surface area contributed by atoms with E-state index in [0.717, 1.165) is 5.56 Å². The molecule has 0 bridgehead atoms. The summed E-state index contributed by atoms with van der Waals surface area (Å²) in [6, 6.07) is 9.79. The minimum Gasteiger partial charge on any atom is -0.350 e. The van der Waals surface area contributed by atoms with Crippen molar-refractivity contribution in [3.8, 4) is 0 Å². The molecule has 0 amide bonds. The number of hydrogen-bond donors (Lipinski definition) is 1. The molecule has 0 fully saturated rings. The fraction of sp³-hybridized carbons (Fsp3) is 0.200. The maximum Gasteiger partial charge on any atom is 0.172 e. The van der Waals surface area contributed by atoms with Crippen LogP contribution in [0.25, 0.3) is 0 Å². The van der Waals surface area contributed by atoms with Crippen molar-refractivity contribution in [2.75, 3.05) is 6.16 Å². The van der Waals surface area contributed by atoms with Crippen LogP contribution >= 0.6 is 8.38 Å². The van der Waals surface area contributed by atoms with Crippen LogP contribution in [0, 0.1) is 0 Å². The maximum absolute atomic E-state index is 9.28. The SMILES string of the molecule is C=CCP(O)OCc1ccccc1. The molecular formula is C10H13O2P. The quantitative estimate of drug-likeness (QED) is 0.579. The lowest BCUT2D eigenvalue weighted by Gasteiger charge is -2.08. The van der Waals surface area contributed by atoms with Gasteiger partial charge in [-0.15, -0.1) is 6.58 Å². The maximum atomic E-state index is 9.28. The van der Waals surface area contributed by atoms with Gasteiger partial charge >= 0.3 is 0 Å². The fourth-order valence-corrected chi connectivity index (χ4v) is 1.51. The third-order valence-electron chi connectivity index (χ3n) is 1.51. The van der Waals surface area contributed by atoms with Gasteiger partial charge in [-0.05, 0) is 5.56 Å². The average molecular weight is 196 g/mol. The molecule has 13 heavy (non-hydrogen) atoms.